The number of aromatic nitrogens is 1. The van der Waals surface area contributed by atoms with Gasteiger partial charge in [0.1, 0.15) is 5.75 Å². The second-order valence-corrected chi connectivity index (χ2v) is 4.98. The van der Waals surface area contributed by atoms with Gasteiger partial charge in [-0.1, -0.05) is 31.5 Å². The highest BCUT2D eigenvalue weighted by Crippen LogP contribution is 2.14. The molecule has 0 N–H and O–H groups in total. The van der Waals surface area contributed by atoms with Crippen molar-refractivity contribution >= 4 is 0 Å². The first-order valence-corrected chi connectivity index (χ1v) is 7.47. The molecule has 0 aliphatic carbocycles. The van der Waals surface area contributed by atoms with E-state index in [0.29, 0.717) is 0 Å². The number of benzene rings is 1. The average molecular weight is 269 g/mol. The standard InChI is InChI=1S/C18H23NO/c1-3-5-17-11-8-16(14-19-17)7-6-15-9-12-18(13-10-15)20-4-2/h8-14H,3-7H2,1-2H3. The molecule has 2 heteroatoms. The number of nitrogens with zero attached hydrogens (tertiary/aromatic N) is 1. The van der Waals surface area contributed by atoms with Crippen LogP contribution in [0.25, 0.3) is 0 Å². The van der Waals surface area contributed by atoms with Gasteiger partial charge in [-0.3, -0.25) is 4.98 Å². The molecule has 0 aliphatic rings. The summed E-state index contributed by atoms with van der Waals surface area (Å²) in [6.45, 7) is 4.90. The van der Waals surface area contributed by atoms with Gasteiger partial charge in [0, 0.05) is 11.9 Å². The first kappa shape index (κ1) is 14.6. The summed E-state index contributed by atoms with van der Waals surface area (Å²) in [7, 11) is 0. The van der Waals surface area contributed by atoms with Crippen molar-refractivity contribution in [1.29, 1.82) is 0 Å². The van der Waals surface area contributed by atoms with Gasteiger partial charge in [0.05, 0.1) is 6.61 Å². The van der Waals surface area contributed by atoms with E-state index in [1.165, 1.54) is 16.8 Å². The molecule has 1 aromatic heterocycles. The van der Waals surface area contributed by atoms with E-state index in [1.807, 2.05) is 25.3 Å². The topological polar surface area (TPSA) is 22.1 Å². The molecular weight excluding hydrogens is 246 g/mol. The molecule has 0 saturated heterocycles. The summed E-state index contributed by atoms with van der Waals surface area (Å²) in [5.41, 5.74) is 3.84. The van der Waals surface area contributed by atoms with E-state index in [1.54, 1.807) is 0 Å². The van der Waals surface area contributed by atoms with Crippen LogP contribution in [0.1, 0.15) is 37.1 Å². The lowest BCUT2D eigenvalue weighted by atomic mass is 10.1. The quantitative estimate of drug-likeness (QED) is 0.751. The zero-order chi connectivity index (χ0) is 14.2. The van der Waals surface area contributed by atoms with Crippen molar-refractivity contribution in [3.8, 4) is 5.75 Å². The molecule has 0 spiro atoms. The van der Waals surface area contributed by atoms with E-state index >= 15 is 0 Å². The molecule has 2 rings (SSSR count). The fraction of sp³-hybridized carbons (Fsp3) is 0.389. The molecule has 0 bridgehead atoms. The summed E-state index contributed by atoms with van der Waals surface area (Å²) < 4.78 is 5.45. The Kier molecular flexibility index (Phi) is 5.60. The highest BCUT2D eigenvalue weighted by Gasteiger charge is 1.99. The fourth-order valence-corrected chi connectivity index (χ4v) is 2.21. The second-order valence-electron chi connectivity index (χ2n) is 4.98. The summed E-state index contributed by atoms with van der Waals surface area (Å²) in [4.78, 5) is 4.50. The lowest BCUT2D eigenvalue weighted by Gasteiger charge is -2.06. The molecule has 106 valence electrons. The molecule has 0 radical (unpaired) electrons. The van der Waals surface area contributed by atoms with Crippen LogP contribution in [0.2, 0.25) is 0 Å². The van der Waals surface area contributed by atoms with E-state index in [4.69, 9.17) is 4.74 Å². The summed E-state index contributed by atoms with van der Waals surface area (Å²) in [6, 6.07) is 12.7. The minimum absolute atomic E-state index is 0.717. The summed E-state index contributed by atoms with van der Waals surface area (Å²) >= 11 is 0. The summed E-state index contributed by atoms with van der Waals surface area (Å²) in [5, 5.41) is 0. The number of pyridine rings is 1. The minimum Gasteiger partial charge on any atom is -0.494 e. The molecule has 20 heavy (non-hydrogen) atoms. The van der Waals surface area contributed by atoms with Crippen LogP contribution in [0, 0.1) is 0 Å². The zero-order valence-electron chi connectivity index (χ0n) is 12.4. The number of rotatable bonds is 7. The SMILES string of the molecule is CCCc1ccc(CCc2ccc(OCC)cc2)cn1. The van der Waals surface area contributed by atoms with Gasteiger partial charge in [0.15, 0.2) is 0 Å². The Morgan fingerprint density at radius 1 is 0.850 bits per heavy atom. The van der Waals surface area contributed by atoms with Crippen molar-refractivity contribution < 1.29 is 4.74 Å². The number of hydrogen-bond acceptors (Lipinski definition) is 2. The third-order valence-corrected chi connectivity index (χ3v) is 3.33. The largest absolute Gasteiger partial charge is 0.494 e. The Morgan fingerprint density at radius 2 is 1.55 bits per heavy atom. The smallest absolute Gasteiger partial charge is 0.119 e. The van der Waals surface area contributed by atoms with Gasteiger partial charge in [-0.2, -0.15) is 0 Å². The molecule has 0 atom stereocenters. The van der Waals surface area contributed by atoms with Crippen LogP contribution in [0.3, 0.4) is 0 Å². The monoisotopic (exact) mass is 269 g/mol. The van der Waals surface area contributed by atoms with Gasteiger partial charge in [-0.25, -0.2) is 0 Å². The van der Waals surface area contributed by atoms with E-state index in [9.17, 15) is 0 Å². The maximum Gasteiger partial charge on any atom is 0.119 e. The maximum absolute atomic E-state index is 5.45. The van der Waals surface area contributed by atoms with Crippen LogP contribution in [0.5, 0.6) is 5.75 Å². The average Bonchev–Trinajstić information content (AvgIpc) is 2.49. The Balaban J connectivity index is 1.87. The molecule has 0 unspecified atom stereocenters. The molecule has 0 fully saturated rings. The number of hydrogen-bond donors (Lipinski definition) is 0. The van der Waals surface area contributed by atoms with Crippen LogP contribution >= 0.6 is 0 Å². The van der Waals surface area contributed by atoms with Crippen LogP contribution in [-0.2, 0) is 19.3 Å². The zero-order valence-corrected chi connectivity index (χ0v) is 12.4. The van der Waals surface area contributed by atoms with E-state index in [-0.39, 0.29) is 0 Å². The van der Waals surface area contributed by atoms with E-state index < -0.39 is 0 Å². The number of aryl methyl sites for hydroxylation is 3. The van der Waals surface area contributed by atoms with Crippen LogP contribution < -0.4 is 4.74 Å². The Hall–Kier alpha value is -1.83. The van der Waals surface area contributed by atoms with Crippen molar-refractivity contribution in [1.82, 2.24) is 4.98 Å². The first-order valence-electron chi connectivity index (χ1n) is 7.47. The third-order valence-electron chi connectivity index (χ3n) is 3.33. The maximum atomic E-state index is 5.45. The highest BCUT2D eigenvalue weighted by molar-refractivity contribution is 5.28. The van der Waals surface area contributed by atoms with Gasteiger partial charge < -0.3 is 4.74 Å². The second kappa shape index (κ2) is 7.68. The molecule has 2 nitrogen and oxygen atoms in total. The third kappa shape index (κ3) is 4.37. The van der Waals surface area contributed by atoms with Crippen molar-refractivity contribution in [2.24, 2.45) is 0 Å². The highest BCUT2D eigenvalue weighted by atomic mass is 16.5. The van der Waals surface area contributed by atoms with Crippen LogP contribution in [0.4, 0.5) is 0 Å². The Morgan fingerprint density at radius 3 is 2.15 bits per heavy atom. The van der Waals surface area contributed by atoms with Crippen molar-refractivity contribution in [2.45, 2.75) is 39.5 Å². The van der Waals surface area contributed by atoms with Gasteiger partial charge >= 0.3 is 0 Å². The lowest BCUT2D eigenvalue weighted by molar-refractivity contribution is 0.340. The number of ether oxygens (including phenoxy) is 1. The van der Waals surface area contributed by atoms with Crippen LogP contribution in [0.15, 0.2) is 42.6 Å². The molecule has 0 saturated carbocycles. The molecule has 0 amide bonds. The molecule has 1 aromatic carbocycles. The normalized spacial score (nSPS) is 10.5. The molecular formula is C18H23NO. The molecule has 1 heterocycles. The van der Waals surface area contributed by atoms with Gasteiger partial charge in [-0.05, 0) is 55.5 Å². The fourth-order valence-electron chi connectivity index (χ4n) is 2.21. The van der Waals surface area contributed by atoms with E-state index in [0.717, 1.165) is 38.0 Å². The predicted octanol–water partition coefficient (Wildman–Crippen LogP) is 4.22. The summed E-state index contributed by atoms with van der Waals surface area (Å²) in [5.74, 6) is 0.946. The Bertz CT molecular complexity index is 452. The van der Waals surface area contributed by atoms with Gasteiger partial charge in [0.2, 0.25) is 0 Å². The summed E-state index contributed by atoms with van der Waals surface area (Å²) in [6.07, 6.45) is 6.31. The minimum atomic E-state index is 0.717. The predicted molar refractivity (Wildman–Crippen MR) is 83.3 cm³/mol. The molecule has 2 aromatic rings. The van der Waals surface area contributed by atoms with Crippen LogP contribution in [-0.4, -0.2) is 11.6 Å². The molecule has 0 aliphatic heterocycles. The van der Waals surface area contributed by atoms with E-state index in [2.05, 4.69) is 36.2 Å². The van der Waals surface area contributed by atoms with Crippen molar-refractivity contribution in [2.75, 3.05) is 6.61 Å². The first-order chi connectivity index (χ1) is 9.81. The Labute approximate surface area is 121 Å². The van der Waals surface area contributed by atoms with Gasteiger partial charge in [-0.15, -0.1) is 0 Å². The van der Waals surface area contributed by atoms with Crippen molar-refractivity contribution in [3.05, 3.63) is 59.4 Å². The van der Waals surface area contributed by atoms with Gasteiger partial charge in [0.25, 0.3) is 0 Å². The van der Waals surface area contributed by atoms with Crippen molar-refractivity contribution in [3.63, 3.8) is 0 Å². The lowest BCUT2D eigenvalue weighted by Crippen LogP contribution is -1.95.